The molecular weight excluding hydrogens is 300 g/mol. The number of anilines is 1. The molecule has 122 valence electrons. The fourth-order valence-electron chi connectivity index (χ4n) is 2.66. The van der Waals surface area contributed by atoms with Gasteiger partial charge in [-0.15, -0.1) is 0 Å². The lowest BCUT2D eigenvalue weighted by Gasteiger charge is -2.16. The van der Waals surface area contributed by atoms with Gasteiger partial charge in [0.2, 0.25) is 0 Å². The third kappa shape index (κ3) is 3.33. The molecule has 4 nitrogen and oxygen atoms in total. The first-order valence-electron chi connectivity index (χ1n) is 7.85. The summed E-state index contributed by atoms with van der Waals surface area (Å²) in [6.07, 6.45) is 1.47. The van der Waals surface area contributed by atoms with Crippen LogP contribution in [0.25, 0.3) is 11.1 Å². The molecule has 1 heterocycles. The number of carbonyl (C=O) groups is 1. The van der Waals surface area contributed by atoms with Gasteiger partial charge in [-0.2, -0.15) is 0 Å². The molecule has 3 rings (SSSR count). The summed E-state index contributed by atoms with van der Waals surface area (Å²) >= 11 is 0. The van der Waals surface area contributed by atoms with Crippen molar-refractivity contribution in [2.24, 2.45) is 5.73 Å². The molecule has 0 radical (unpaired) electrons. The van der Waals surface area contributed by atoms with E-state index in [1.54, 1.807) is 6.07 Å². The van der Waals surface area contributed by atoms with Crippen molar-refractivity contribution in [3.05, 3.63) is 77.7 Å². The third-order valence-electron chi connectivity index (χ3n) is 4.05. The smallest absolute Gasteiger partial charge is 0.285 e. The lowest BCUT2D eigenvalue weighted by Crippen LogP contribution is -2.10. The summed E-state index contributed by atoms with van der Waals surface area (Å²) in [7, 11) is 0. The Hall–Kier alpha value is -3.01. The lowest BCUT2D eigenvalue weighted by molar-refractivity contribution is 0.0975. The predicted molar refractivity (Wildman–Crippen MR) is 95.9 cm³/mol. The summed E-state index contributed by atoms with van der Waals surface area (Å²) in [4.78, 5) is 11.4. The summed E-state index contributed by atoms with van der Waals surface area (Å²) < 4.78 is 5.15. The van der Waals surface area contributed by atoms with E-state index in [4.69, 9.17) is 10.2 Å². The van der Waals surface area contributed by atoms with Gasteiger partial charge in [-0.1, -0.05) is 42.0 Å². The third-order valence-corrected chi connectivity index (χ3v) is 4.05. The Bertz CT molecular complexity index is 833. The first-order chi connectivity index (χ1) is 11.5. The molecule has 1 amide bonds. The second-order valence-corrected chi connectivity index (χ2v) is 5.88. The van der Waals surface area contributed by atoms with E-state index in [1.165, 1.54) is 17.4 Å². The van der Waals surface area contributed by atoms with Gasteiger partial charge in [0.25, 0.3) is 5.91 Å². The fourth-order valence-corrected chi connectivity index (χ4v) is 2.66. The highest BCUT2D eigenvalue weighted by atomic mass is 16.3. The summed E-state index contributed by atoms with van der Waals surface area (Å²) in [5.41, 5.74) is 10.4. The van der Waals surface area contributed by atoms with Crippen LogP contribution in [0.4, 0.5) is 5.69 Å². The van der Waals surface area contributed by atoms with E-state index >= 15 is 0 Å². The molecule has 24 heavy (non-hydrogen) atoms. The average molecular weight is 320 g/mol. The maximum absolute atomic E-state index is 11.4. The Labute approximate surface area is 141 Å². The van der Waals surface area contributed by atoms with Crippen LogP contribution in [-0.4, -0.2) is 5.91 Å². The molecule has 4 heteroatoms. The van der Waals surface area contributed by atoms with Crippen molar-refractivity contribution in [3.63, 3.8) is 0 Å². The molecule has 0 fully saturated rings. The Morgan fingerprint density at radius 3 is 2.33 bits per heavy atom. The molecule has 3 aromatic rings. The molecule has 0 aliphatic heterocycles. The zero-order valence-electron chi connectivity index (χ0n) is 13.7. The second-order valence-electron chi connectivity index (χ2n) is 5.88. The highest BCUT2D eigenvalue weighted by Crippen LogP contribution is 2.27. The predicted octanol–water partition coefficient (Wildman–Crippen LogP) is 4.53. The normalized spacial score (nSPS) is 11.9. The average Bonchev–Trinajstić information content (AvgIpc) is 3.06. The van der Waals surface area contributed by atoms with E-state index in [-0.39, 0.29) is 11.8 Å². The number of benzene rings is 2. The molecule has 1 aromatic heterocycles. The molecule has 1 atom stereocenters. The molecule has 0 saturated carbocycles. The van der Waals surface area contributed by atoms with E-state index < -0.39 is 5.91 Å². The van der Waals surface area contributed by atoms with Crippen LogP contribution in [0, 0.1) is 6.92 Å². The minimum atomic E-state index is -0.565. The van der Waals surface area contributed by atoms with Crippen LogP contribution in [0.3, 0.4) is 0 Å². The summed E-state index contributed by atoms with van der Waals surface area (Å²) in [6, 6.07) is 18.3. The van der Waals surface area contributed by atoms with E-state index in [2.05, 4.69) is 43.4 Å². The number of rotatable bonds is 5. The number of aryl methyl sites for hydroxylation is 1. The molecule has 0 saturated heterocycles. The van der Waals surface area contributed by atoms with Gasteiger partial charge in [0.1, 0.15) is 0 Å². The highest BCUT2D eigenvalue weighted by molar-refractivity contribution is 5.97. The first kappa shape index (κ1) is 15.9. The monoisotopic (exact) mass is 320 g/mol. The van der Waals surface area contributed by atoms with Crippen molar-refractivity contribution in [1.82, 2.24) is 0 Å². The topological polar surface area (TPSA) is 68.3 Å². The molecule has 0 spiro atoms. The molecule has 0 aliphatic rings. The van der Waals surface area contributed by atoms with Crippen molar-refractivity contribution in [2.75, 3.05) is 5.32 Å². The number of hydrogen-bond acceptors (Lipinski definition) is 3. The summed E-state index contributed by atoms with van der Waals surface area (Å²) in [6.45, 7) is 4.21. The summed E-state index contributed by atoms with van der Waals surface area (Å²) in [5.74, 6) is -0.381. The molecular formula is C20H20N2O2. The van der Waals surface area contributed by atoms with Crippen LogP contribution in [0.15, 0.2) is 65.3 Å². The van der Waals surface area contributed by atoms with Gasteiger partial charge in [-0.3, -0.25) is 4.79 Å². The minimum absolute atomic E-state index is 0.184. The van der Waals surface area contributed by atoms with Crippen LogP contribution < -0.4 is 11.1 Å². The van der Waals surface area contributed by atoms with Crippen LogP contribution in [0.5, 0.6) is 0 Å². The first-order valence-corrected chi connectivity index (χ1v) is 7.85. The number of furan rings is 1. The Morgan fingerprint density at radius 1 is 1.04 bits per heavy atom. The van der Waals surface area contributed by atoms with Crippen LogP contribution in [0.1, 0.15) is 34.6 Å². The van der Waals surface area contributed by atoms with Gasteiger partial charge >= 0.3 is 0 Å². The van der Waals surface area contributed by atoms with Crippen molar-refractivity contribution in [1.29, 1.82) is 0 Å². The number of carbonyl (C=O) groups excluding carboxylic acids is 1. The molecule has 0 aliphatic carbocycles. The van der Waals surface area contributed by atoms with Gasteiger partial charge in [0, 0.05) is 17.3 Å². The number of nitrogens with two attached hydrogens (primary N) is 1. The van der Waals surface area contributed by atoms with Gasteiger partial charge in [-0.25, -0.2) is 0 Å². The SMILES string of the molecule is Cc1ccc(C(C)Nc2ccc(-c3ccoc3C(N)=O)cc2)cc1. The van der Waals surface area contributed by atoms with Gasteiger partial charge in [-0.05, 0) is 43.2 Å². The molecule has 2 aromatic carbocycles. The fraction of sp³-hybridized carbons (Fsp3) is 0.150. The number of primary amides is 1. The minimum Gasteiger partial charge on any atom is -0.459 e. The largest absolute Gasteiger partial charge is 0.459 e. The second kappa shape index (κ2) is 6.62. The maximum atomic E-state index is 11.4. The highest BCUT2D eigenvalue weighted by Gasteiger charge is 2.13. The van der Waals surface area contributed by atoms with E-state index in [9.17, 15) is 4.79 Å². The Kier molecular flexibility index (Phi) is 4.38. The van der Waals surface area contributed by atoms with E-state index in [0.29, 0.717) is 5.56 Å². The Balaban J connectivity index is 1.76. The van der Waals surface area contributed by atoms with Gasteiger partial charge in [0.05, 0.1) is 6.26 Å². The van der Waals surface area contributed by atoms with Crippen LogP contribution in [-0.2, 0) is 0 Å². The van der Waals surface area contributed by atoms with Crippen molar-refractivity contribution in [2.45, 2.75) is 19.9 Å². The molecule has 1 unspecified atom stereocenters. The van der Waals surface area contributed by atoms with E-state index in [1.807, 2.05) is 24.3 Å². The quantitative estimate of drug-likeness (QED) is 0.726. The number of hydrogen-bond donors (Lipinski definition) is 2. The van der Waals surface area contributed by atoms with Crippen molar-refractivity contribution < 1.29 is 9.21 Å². The number of nitrogens with one attached hydrogen (secondary N) is 1. The number of amides is 1. The zero-order valence-corrected chi connectivity index (χ0v) is 13.7. The van der Waals surface area contributed by atoms with Crippen molar-refractivity contribution in [3.8, 4) is 11.1 Å². The lowest BCUT2D eigenvalue weighted by atomic mass is 10.0. The summed E-state index contributed by atoms with van der Waals surface area (Å²) in [5, 5.41) is 3.47. The standard InChI is InChI=1S/C20H20N2O2/c1-13-3-5-15(6-4-13)14(2)22-17-9-7-16(8-10-17)18-11-12-24-19(18)20(21)23/h3-12,14,22H,1-2H3,(H2,21,23). The van der Waals surface area contributed by atoms with E-state index in [0.717, 1.165) is 11.3 Å². The van der Waals surface area contributed by atoms with Crippen LogP contribution >= 0.6 is 0 Å². The van der Waals surface area contributed by atoms with Crippen LogP contribution in [0.2, 0.25) is 0 Å². The van der Waals surface area contributed by atoms with Gasteiger partial charge in [0.15, 0.2) is 5.76 Å². The van der Waals surface area contributed by atoms with Crippen molar-refractivity contribution >= 4 is 11.6 Å². The Morgan fingerprint density at radius 2 is 1.71 bits per heavy atom. The maximum Gasteiger partial charge on any atom is 0.285 e. The molecule has 0 bridgehead atoms. The zero-order chi connectivity index (χ0) is 17.1. The van der Waals surface area contributed by atoms with Gasteiger partial charge < -0.3 is 15.5 Å². The molecule has 3 N–H and O–H groups in total.